The smallest absolute Gasteiger partial charge is 0.409 e. The fourth-order valence-corrected chi connectivity index (χ4v) is 2.39. The summed E-state index contributed by atoms with van der Waals surface area (Å²) in [5, 5.41) is 0. The van der Waals surface area contributed by atoms with Gasteiger partial charge in [0.05, 0.1) is 20.3 Å². The molecule has 0 spiro atoms. The minimum Gasteiger partial charge on any atom is -0.453 e. The van der Waals surface area contributed by atoms with Crippen LogP contribution in [0.3, 0.4) is 0 Å². The maximum Gasteiger partial charge on any atom is 0.409 e. The molecule has 0 unspecified atom stereocenters. The van der Waals surface area contributed by atoms with Gasteiger partial charge in [0, 0.05) is 52.4 Å². The van der Waals surface area contributed by atoms with Gasteiger partial charge in [-0.2, -0.15) is 0 Å². The van der Waals surface area contributed by atoms with Crippen LogP contribution in [0.2, 0.25) is 0 Å². The van der Waals surface area contributed by atoms with E-state index in [0.717, 1.165) is 65.6 Å². The number of piperazine rings is 1. The quantitative estimate of drug-likeness (QED) is 0.695. The number of methoxy groups -OCH3 is 1. The Bertz CT molecular complexity index is 261. The van der Waals surface area contributed by atoms with Crippen LogP contribution in [-0.2, 0) is 9.47 Å². The van der Waals surface area contributed by atoms with Crippen molar-refractivity contribution in [1.29, 1.82) is 0 Å². The van der Waals surface area contributed by atoms with Crippen LogP contribution in [0.1, 0.15) is 0 Å². The minimum atomic E-state index is -0.206. The highest BCUT2D eigenvalue weighted by Crippen LogP contribution is 2.04. The molecular formula is C12H23N3O3. The van der Waals surface area contributed by atoms with Gasteiger partial charge in [0.25, 0.3) is 0 Å². The molecule has 2 heterocycles. The summed E-state index contributed by atoms with van der Waals surface area (Å²) < 4.78 is 10.1. The molecule has 104 valence electrons. The van der Waals surface area contributed by atoms with E-state index in [1.165, 1.54) is 7.11 Å². The van der Waals surface area contributed by atoms with E-state index in [4.69, 9.17) is 9.47 Å². The van der Waals surface area contributed by atoms with Crippen molar-refractivity contribution in [3.8, 4) is 0 Å². The van der Waals surface area contributed by atoms with Crippen LogP contribution in [0.5, 0.6) is 0 Å². The number of nitrogens with zero attached hydrogens (tertiary/aromatic N) is 3. The third-order valence-electron chi connectivity index (χ3n) is 3.64. The predicted octanol–water partition coefficient (Wildman–Crippen LogP) is -0.297. The van der Waals surface area contributed by atoms with Crippen LogP contribution in [0.15, 0.2) is 0 Å². The summed E-state index contributed by atoms with van der Waals surface area (Å²) in [6, 6.07) is 0. The molecule has 2 rings (SSSR count). The van der Waals surface area contributed by atoms with Crippen molar-refractivity contribution in [3.63, 3.8) is 0 Å². The molecule has 0 saturated carbocycles. The summed E-state index contributed by atoms with van der Waals surface area (Å²) in [5.41, 5.74) is 0. The fourth-order valence-electron chi connectivity index (χ4n) is 2.39. The number of morpholine rings is 1. The second-order valence-corrected chi connectivity index (χ2v) is 4.75. The molecular weight excluding hydrogens is 234 g/mol. The van der Waals surface area contributed by atoms with Gasteiger partial charge in [-0.25, -0.2) is 4.79 Å². The van der Waals surface area contributed by atoms with Crippen LogP contribution in [0.25, 0.3) is 0 Å². The largest absolute Gasteiger partial charge is 0.453 e. The Morgan fingerprint density at radius 2 is 1.56 bits per heavy atom. The van der Waals surface area contributed by atoms with Crippen molar-refractivity contribution in [2.75, 3.05) is 72.7 Å². The first kappa shape index (κ1) is 13.6. The van der Waals surface area contributed by atoms with Gasteiger partial charge >= 0.3 is 6.09 Å². The average Bonchev–Trinajstić information content (AvgIpc) is 2.46. The molecule has 0 bridgehead atoms. The molecule has 2 saturated heterocycles. The van der Waals surface area contributed by atoms with E-state index >= 15 is 0 Å². The van der Waals surface area contributed by atoms with E-state index in [1.807, 2.05) is 0 Å². The van der Waals surface area contributed by atoms with Crippen molar-refractivity contribution in [3.05, 3.63) is 0 Å². The van der Waals surface area contributed by atoms with Gasteiger partial charge in [0.15, 0.2) is 0 Å². The molecule has 6 nitrogen and oxygen atoms in total. The number of carbonyl (C=O) groups is 1. The molecule has 6 heteroatoms. The molecule has 2 aliphatic rings. The van der Waals surface area contributed by atoms with Crippen LogP contribution >= 0.6 is 0 Å². The molecule has 0 aromatic heterocycles. The van der Waals surface area contributed by atoms with Gasteiger partial charge in [-0.3, -0.25) is 9.80 Å². The topological polar surface area (TPSA) is 45.2 Å². The lowest BCUT2D eigenvalue weighted by molar-refractivity contribution is 0.0296. The molecule has 0 aromatic carbocycles. The van der Waals surface area contributed by atoms with Crippen molar-refractivity contribution < 1.29 is 14.3 Å². The van der Waals surface area contributed by atoms with Gasteiger partial charge in [0.2, 0.25) is 0 Å². The molecule has 0 atom stereocenters. The lowest BCUT2D eigenvalue weighted by Crippen LogP contribution is -2.50. The SMILES string of the molecule is COC(=O)N1CCN(CCN2CCOCC2)CC1. The third kappa shape index (κ3) is 3.83. The zero-order valence-corrected chi connectivity index (χ0v) is 11.1. The van der Waals surface area contributed by atoms with Gasteiger partial charge in [-0.1, -0.05) is 0 Å². The molecule has 0 N–H and O–H groups in total. The van der Waals surface area contributed by atoms with Crippen LogP contribution in [0.4, 0.5) is 4.79 Å². The number of amides is 1. The highest BCUT2D eigenvalue weighted by Gasteiger charge is 2.21. The monoisotopic (exact) mass is 257 g/mol. The van der Waals surface area contributed by atoms with Crippen molar-refractivity contribution in [2.45, 2.75) is 0 Å². The Morgan fingerprint density at radius 1 is 1.00 bits per heavy atom. The van der Waals surface area contributed by atoms with Crippen molar-refractivity contribution >= 4 is 6.09 Å². The molecule has 0 aromatic rings. The maximum absolute atomic E-state index is 11.3. The van der Waals surface area contributed by atoms with Crippen LogP contribution in [0, 0.1) is 0 Å². The molecule has 2 fully saturated rings. The van der Waals surface area contributed by atoms with E-state index < -0.39 is 0 Å². The summed E-state index contributed by atoms with van der Waals surface area (Å²) >= 11 is 0. The average molecular weight is 257 g/mol. The molecule has 2 aliphatic heterocycles. The standard InChI is InChI=1S/C12H23N3O3/c1-17-12(16)15-6-4-13(5-7-15)2-3-14-8-10-18-11-9-14/h2-11H2,1H3. The lowest BCUT2D eigenvalue weighted by Gasteiger charge is -2.35. The zero-order valence-electron chi connectivity index (χ0n) is 11.1. The normalized spacial score (nSPS) is 23.1. The van der Waals surface area contributed by atoms with Crippen molar-refractivity contribution in [1.82, 2.24) is 14.7 Å². The highest BCUT2D eigenvalue weighted by molar-refractivity contribution is 5.67. The number of rotatable bonds is 3. The zero-order chi connectivity index (χ0) is 12.8. The first-order valence-corrected chi connectivity index (χ1v) is 6.65. The second-order valence-electron chi connectivity index (χ2n) is 4.75. The molecule has 0 aliphatic carbocycles. The predicted molar refractivity (Wildman–Crippen MR) is 67.7 cm³/mol. The molecule has 1 amide bonds. The Kier molecular flexibility index (Phi) is 5.22. The van der Waals surface area contributed by atoms with Crippen LogP contribution in [-0.4, -0.2) is 93.5 Å². The van der Waals surface area contributed by atoms with E-state index in [-0.39, 0.29) is 6.09 Å². The van der Waals surface area contributed by atoms with Gasteiger partial charge in [0.1, 0.15) is 0 Å². The Morgan fingerprint density at radius 3 is 2.11 bits per heavy atom. The Labute approximate surface area is 108 Å². The summed E-state index contributed by atoms with van der Waals surface area (Å²) in [7, 11) is 1.44. The Balaban J connectivity index is 1.62. The lowest BCUT2D eigenvalue weighted by atomic mass is 10.3. The Hall–Kier alpha value is -0.850. The summed E-state index contributed by atoms with van der Waals surface area (Å²) in [4.78, 5) is 18.0. The van der Waals surface area contributed by atoms with E-state index in [1.54, 1.807) is 4.90 Å². The number of carbonyl (C=O) groups excluding carboxylic acids is 1. The van der Waals surface area contributed by atoms with E-state index in [9.17, 15) is 4.79 Å². The number of hydrogen-bond acceptors (Lipinski definition) is 5. The van der Waals surface area contributed by atoms with Gasteiger partial charge in [-0.05, 0) is 0 Å². The fraction of sp³-hybridized carbons (Fsp3) is 0.917. The first-order valence-electron chi connectivity index (χ1n) is 6.65. The number of hydrogen-bond donors (Lipinski definition) is 0. The van der Waals surface area contributed by atoms with E-state index in [2.05, 4.69) is 9.80 Å². The molecule has 0 radical (unpaired) electrons. The third-order valence-corrected chi connectivity index (χ3v) is 3.64. The van der Waals surface area contributed by atoms with Gasteiger partial charge < -0.3 is 14.4 Å². The number of ether oxygens (including phenoxy) is 2. The summed E-state index contributed by atoms with van der Waals surface area (Å²) in [6.07, 6.45) is -0.206. The summed E-state index contributed by atoms with van der Waals surface area (Å²) in [5.74, 6) is 0. The summed E-state index contributed by atoms with van der Waals surface area (Å²) in [6.45, 7) is 9.41. The second kappa shape index (κ2) is 6.92. The molecule has 18 heavy (non-hydrogen) atoms. The van der Waals surface area contributed by atoms with E-state index in [0.29, 0.717) is 0 Å². The first-order chi connectivity index (χ1) is 8.79. The van der Waals surface area contributed by atoms with Gasteiger partial charge in [-0.15, -0.1) is 0 Å². The highest BCUT2D eigenvalue weighted by atomic mass is 16.5. The van der Waals surface area contributed by atoms with Crippen molar-refractivity contribution in [2.24, 2.45) is 0 Å². The maximum atomic E-state index is 11.3. The van der Waals surface area contributed by atoms with Crippen LogP contribution < -0.4 is 0 Å². The minimum absolute atomic E-state index is 0.206.